The number of rotatable bonds is 4. The summed E-state index contributed by atoms with van der Waals surface area (Å²) in [6.45, 7) is 1.73. The highest BCUT2D eigenvalue weighted by Crippen LogP contribution is 2.33. The maximum absolute atomic E-state index is 11.5. The van der Waals surface area contributed by atoms with Crippen molar-refractivity contribution in [3.63, 3.8) is 0 Å². The number of carboxylic acid groups (broad SMARTS) is 1. The van der Waals surface area contributed by atoms with Crippen molar-refractivity contribution in [3.8, 4) is 0 Å². The number of carbonyl (C=O) groups is 2. The summed E-state index contributed by atoms with van der Waals surface area (Å²) in [4.78, 5) is 22.6. The number of carboxylic acids is 1. The molecule has 0 aromatic carbocycles. The number of carbonyl (C=O) groups excluding carboxylic acids is 1. The van der Waals surface area contributed by atoms with Crippen molar-refractivity contribution >= 4 is 28.2 Å². The average molecular weight is 239 g/mol. The van der Waals surface area contributed by atoms with Crippen molar-refractivity contribution in [3.05, 3.63) is 16.5 Å². The molecule has 0 saturated heterocycles. The van der Waals surface area contributed by atoms with Gasteiger partial charge in [-0.05, 0) is 37.3 Å². The Balaban J connectivity index is 2.00. The summed E-state index contributed by atoms with van der Waals surface area (Å²) in [6, 6.07) is 1.71. The van der Waals surface area contributed by atoms with E-state index in [2.05, 4.69) is 5.32 Å². The lowest BCUT2D eigenvalue weighted by Crippen LogP contribution is -2.10. The fourth-order valence-electron chi connectivity index (χ4n) is 1.53. The van der Waals surface area contributed by atoms with Crippen LogP contribution in [-0.4, -0.2) is 17.0 Å². The lowest BCUT2D eigenvalue weighted by atomic mass is 10.2. The zero-order valence-corrected chi connectivity index (χ0v) is 9.76. The maximum Gasteiger partial charge on any atom is 0.346 e. The molecule has 5 heteroatoms. The molecule has 0 atom stereocenters. The number of amides is 1. The van der Waals surface area contributed by atoms with E-state index >= 15 is 0 Å². The van der Waals surface area contributed by atoms with E-state index in [4.69, 9.17) is 5.11 Å². The molecular formula is C11H13NO3S. The molecule has 16 heavy (non-hydrogen) atoms. The second-order valence-electron chi connectivity index (χ2n) is 4.12. The number of aromatic carboxylic acids is 1. The summed E-state index contributed by atoms with van der Waals surface area (Å²) in [5.41, 5.74) is 0.694. The van der Waals surface area contributed by atoms with Gasteiger partial charge in [0.1, 0.15) is 4.88 Å². The molecule has 1 aromatic heterocycles. The maximum atomic E-state index is 11.5. The van der Waals surface area contributed by atoms with Crippen LogP contribution in [0, 0.1) is 12.8 Å². The molecule has 0 bridgehead atoms. The van der Waals surface area contributed by atoms with Gasteiger partial charge < -0.3 is 10.4 Å². The summed E-state index contributed by atoms with van der Waals surface area (Å²) in [7, 11) is 0. The van der Waals surface area contributed by atoms with Crippen molar-refractivity contribution in [2.24, 2.45) is 5.92 Å². The van der Waals surface area contributed by atoms with Gasteiger partial charge in [0.25, 0.3) is 0 Å². The number of anilines is 1. The third-order valence-electron chi connectivity index (χ3n) is 2.55. The van der Waals surface area contributed by atoms with E-state index in [1.165, 1.54) is 0 Å². The van der Waals surface area contributed by atoms with Gasteiger partial charge in [0, 0.05) is 6.42 Å². The van der Waals surface area contributed by atoms with E-state index in [0.717, 1.165) is 24.2 Å². The molecule has 1 aliphatic carbocycles. The van der Waals surface area contributed by atoms with Crippen LogP contribution in [-0.2, 0) is 4.79 Å². The van der Waals surface area contributed by atoms with E-state index in [0.29, 0.717) is 27.8 Å². The first kappa shape index (κ1) is 11.1. The summed E-state index contributed by atoms with van der Waals surface area (Å²) in [5, 5.41) is 12.2. The van der Waals surface area contributed by atoms with Gasteiger partial charge >= 0.3 is 5.97 Å². The third-order valence-corrected chi connectivity index (χ3v) is 3.69. The van der Waals surface area contributed by atoms with E-state index in [1.807, 2.05) is 0 Å². The van der Waals surface area contributed by atoms with Crippen molar-refractivity contribution in [2.75, 3.05) is 5.32 Å². The zero-order valence-electron chi connectivity index (χ0n) is 8.95. The molecule has 0 aliphatic heterocycles. The highest BCUT2D eigenvalue weighted by Gasteiger charge is 2.24. The van der Waals surface area contributed by atoms with Gasteiger partial charge in [-0.1, -0.05) is 0 Å². The third kappa shape index (κ3) is 2.61. The summed E-state index contributed by atoms with van der Waals surface area (Å²) in [5.74, 6) is -0.411. The molecule has 0 spiro atoms. The van der Waals surface area contributed by atoms with Crippen LogP contribution in [0.2, 0.25) is 0 Å². The van der Waals surface area contributed by atoms with Gasteiger partial charge in [0.15, 0.2) is 0 Å². The lowest BCUT2D eigenvalue weighted by molar-refractivity contribution is -0.116. The first-order chi connectivity index (χ1) is 7.56. The Hall–Kier alpha value is -1.36. The molecule has 2 rings (SSSR count). The van der Waals surface area contributed by atoms with Crippen LogP contribution >= 0.6 is 11.3 Å². The number of hydrogen-bond donors (Lipinski definition) is 2. The second kappa shape index (κ2) is 4.25. The molecule has 1 amide bonds. The Kier molecular flexibility index (Phi) is 2.96. The first-order valence-electron chi connectivity index (χ1n) is 5.20. The monoisotopic (exact) mass is 239 g/mol. The number of aryl methyl sites for hydroxylation is 1. The van der Waals surface area contributed by atoms with E-state index < -0.39 is 5.97 Å². The van der Waals surface area contributed by atoms with E-state index in [-0.39, 0.29) is 5.91 Å². The summed E-state index contributed by atoms with van der Waals surface area (Å²) >= 11 is 1.11. The standard InChI is InChI=1S/C11H13NO3S/c1-6-4-9(16-10(6)11(14)15)12-8(13)5-7-2-3-7/h4,7H,2-3,5H2,1H3,(H,12,13)(H,14,15). The molecule has 1 aromatic rings. The zero-order chi connectivity index (χ0) is 11.7. The first-order valence-corrected chi connectivity index (χ1v) is 6.01. The number of hydrogen-bond acceptors (Lipinski definition) is 3. The van der Waals surface area contributed by atoms with Crippen LogP contribution in [0.1, 0.15) is 34.5 Å². The normalized spacial score (nSPS) is 14.8. The molecule has 1 heterocycles. The van der Waals surface area contributed by atoms with Gasteiger partial charge in [-0.25, -0.2) is 4.79 Å². The predicted octanol–water partition coefficient (Wildman–Crippen LogP) is 2.49. The molecule has 1 saturated carbocycles. The van der Waals surface area contributed by atoms with Crippen molar-refractivity contribution in [2.45, 2.75) is 26.2 Å². The quantitative estimate of drug-likeness (QED) is 0.848. The Bertz CT molecular complexity index is 434. The molecule has 1 fully saturated rings. The highest BCUT2D eigenvalue weighted by molar-refractivity contribution is 7.18. The Morgan fingerprint density at radius 1 is 1.56 bits per heavy atom. The topological polar surface area (TPSA) is 66.4 Å². The summed E-state index contributed by atoms with van der Waals surface area (Å²) < 4.78 is 0. The predicted molar refractivity (Wildman–Crippen MR) is 62.0 cm³/mol. The molecule has 4 nitrogen and oxygen atoms in total. The Morgan fingerprint density at radius 2 is 2.25 bits per heavy atom. The fourth-order valence-corrected chi connectivity index (χ4v) is 2.46. The number of nitrogens with one attached hydrogen (secondary N) is 1. The van der Waals surface area contributed by atoms with Gasteiger partial charge in [-0.2, -0.15) is 0 Å². The van der Waals surface area contributed by atoms with Gasteiger partial charge in [0.05, 0.1) is 5.00 Å². The van der Waals surface area contributed by atoms with Crippen LogP contribution in [0.5, 0.6) is 0 Å². The molecule has 1 aliphatic rings. The Morgan fingerprint density at radius 3 is 2.75 bits per heavy atom. The van der Waals surface area contributed by atoms with Gasteiger partial charge in [-0.3, -0.25) is 4.79 Å². The molecular weight excluding hydrogens is 226 g/mol. The van der Waals surface area contributed by atoms with Crippen molar-refractivity contribution in [1.82, 2.24) is 0 Å². The van der Waals surface area contributed by atoms with Crippen molar-refractivity contribution in [1.29, 1.82) is 0 Å². The van der Waals surface area contributed by atoms with Crippen LogP contribution in [0.4, 0.5) is 5.00 Å². The molecule has 0 unspecified atom stereocenters. The van der Waals surface area contributed by atoms with Crippen LogP contribution in [0.25, 0.3) is 0 Å². The smallest absolute Gasteiger partial charge is 0.346 e. The molecule has 86 valence electrons. The average Bonchev–Trinajstić information content (AvgIpc) is 2.89. The van der Waals surface area contributed by atoms with Crippen molar-refractivity contribution < 1.29 is 14.7 Å². The van der Waals surface area contributed by atoms with Crippen LogP contribution in [0.3, 0.4) is 0 Å². The lowest BCUT2D eigenvalue weighted by Gasteiger charge is -1.99. The highest BCUT2D eigenvalue weighted by atomic mass is 32.1. The van der Waals surface area contributed by atoms with E-state index in [9.17, 15) is 9.59 Å². The minimum Gasteiger partial charge on any atom is -0.477 e. The minimum absolute atomic E-state index is 0.0133. The number of thiophene rings is 1. The van der Waals surface area contributed by atoms with Gasteiger partial charge in [-0.15, -0.1) is 11.3 Å². The van der Waals surface area contributed by atoms with E-state index in [1.54, 1.807) is 13.0 Å². The molecule has 0 radical (unpaired) electrons. The molecule has 2 N–H and O–H groups in total. The van der Waals surface area contributed by atoms with Gasteiger partial charge in [0.2, 0.25) is 5.91 Å². The summed E-state index contributed by atoms with van der Waals surface area (Å²) in [6.07, 6.45) is 2.83. The minimum atomic E-state index is -0.940. The van der Waals surface area contributed by atoms with Crippen LogP contribution in [0.15, 0.2) is 6.07 Å². The SMILES string of the molecule is Cc1cc(NC(=O)CC2CC2)sc1C(=O)O. The Labute approximate surface area is 97.3 Å². The van der Waals surface area contributed by atoms with Crippen LogP contribution < -0.4 is 5.32 Å². The second-order valence-corrected chi connectivity index (χ2v) is 5.18. The fraction of sp³-hybridized carbons (Fsp3) is 0.455. The largest absolute Gasteiger partial charge is 0.477 e.